The van der Waals surface area contributed by atoms with Gasteiger partial charge < -0.3 is 10.1 Å². The first-order chi connectivity index (χ1) is 10.2. The molecule has 0 fully saturated rings. The fourth-order valence-electron chi connectivity index (χ4n) is 2.51. The lowest BCUT2D eigenvalue weighted by Gasteiger charge is -2.24. The third kappa shape index (κ3) is 3.39. The zero-order chi connectivity index (χ0) is 14.7. The number of fused-ring (bicyclic) bond motifs is 1. The van der Waals surface area contributed by atoms with E-state index in [9.17, 15) is 0 Å². The fraction of sp³-hybridized carbons (Fsp3) is 0.412. The average molecular weight is 283 g/mol. The fourth-order valence-corrected chi connectivity index (χ4v) is 2.51. The molecule has 1 unspecified atom stereocenters. The third-order valence-electron chi connectivity index (χ3n) is 3.67. The summed E-state index contributed by atoms with van der Waals surface area (Å²) in [4.78, 5) is 9.13. The summed E-state index contributed by atoms with van der Waals surface area (Å²) in [5, 5.41) is 3.39. The largest absolute Gasteiger partial charge is 0.493 e. The van der Waals surface area contributed by atoms with E-state index in [1.54, 1.807) is 0 Å². The van der Waals surface area contributed by atoms with Crippen molar-refractivity contribution in [3.8, 4) is 5.75 Å². The molecule has 3 rings (SSSR count). The van der Waals surface area contributed by atoms with Gasteiger partial charge in [0.1, 0.15) is 11.6 Å². The molecule has 1 atom stereocenters. The third-order valence-corrected chi connectivity index (χ3v) is 3.67. The lowest BCUT2D eigenvalue weighted by molar-refractivity contribution is 0.257. The van der Waals surface area contributed by atoms with E-state index < -0.39 is 0 Å². The maximum absolute atomic E-state index is 5.83. The molecule has 0 bridgehead atoms. The molecule has 1 aliphatic heterocycles. The van der Waals surface area contributed by atoms with Crippen molar-refractivity contribution in [3.05, 3.63) is 53.6 Å². The Morgan fingerprint density at radius 1 is 1.29 bits per heavy atom. The SMILES string of the molecule is CC(C)NCc1ccnc(C2COc3ccccc3C2)n1. The zero-order valence-corrected chi connectivity index (χ0v) is 12.5. The van der Waals surface area contributed by atoms with Gasteiger partial charge in [-0.15, -0.1) is 0 Å². The molecule has 1 N–H and O–H groups in total. The Kier molecular flexibility index (Phi) is 4.15. The van der Waals surface area contributed by atoms with E-state index in [0.717, 1.165) is 30.2 Å². The van der Waals surface area contributed by atoms with Crippen LogP contribution in [0.5, 0.6) is 5.75 Å². The summed E-state index contributed by atoms with van der Waals surface area (Å²) in [7, 11) is 0. The number of benzene rings is 1. The molecule has 1 aromatic heterocycles. The van der Waals surface area contributed by atoms with Crippen LogP contribution in [0.3, 0.4) is 0 Å². The van der Waals surface area contributed by atoms with Gasteiger partial charge in [0.15, 0.2) is 0 Å². The van der Waals surface area contributed by atoms with E-state index in [4.69, 9.17) is 4.74 Å². The number of hydrogen-bond acceptors (Lipinski definition) is 4. The van der Waals surface area contributed by atoms with Crippen molar-refractivity contribution >= 4 is 0 Å². The van der Waals surface area contributed by atoms with E-state index >= 15 is 0 Å². The number of nitrogens with one attached hydrogen (secondary N) is 1. The topological polar surface area (TPSA) is 47.0 Å². The molecule has 0 amide bonds. The highest BCUT2D eigenvalue weighted by atomic mass is 16.5. The second-order valence-electron chi connectivity index (χ2n) is 5.76. The lowest BCUT2D eigenvalue weighted by atomic mass is 9.96. The van der Waals surface area contributed by atoms with Gasteiger partial charge in [0.2, 0.25) is 0 Å². The summed E-state index contributed by atoms with van der Waals surface area (Å²) < 4.78 is 5.83. The summed E-state index contributed by atoms with van der Waals surface area (Å²) in [6, 6.07) is 10.6. The van der Waals surface area contributed by atoms with Gasteiger partial charge in [-0.3, -0.25) is 0 Å². The highest BCUT2D eigenvalue weighted by Crippen LogP contribution is 2.30. The van der Waals surface area contributed by atoms with Crippen molar-refractivity contribution in [2.45, 2.75) is 38.8 Å². The van der Waals surface area contributed by atoms with Crippen LogP contribution in [0.2, 0.25) is 0 Å². The molecule has 110 valence electrons. The Bertz CT molecular complexity index is 612. The molecule has 0 spiro atoms. The van der Waals surface area contributed by atoms with Gasteiger partial charge in [0.05, 0.1) is 18.2 Å². The van der Waals surface area contributed by atoms with Crippen LogP contribution in [0, 0.1) is 0 Å². The Morgan fingerprint density at radius 2 is 2.14 bits per heavy atom. The Morgan fingerprint density at radius 3 is 3.00 bits per heavy atom. The quantitative estimate of drug-likeness (QED) is 0.937. The van der Waals surface area contributed by atoms with Gasteiger partial charge in [0.25, 0.3) is 0 Å². The number of ether oxygens (including phenoxy) is 1. The molecular weight excluding hydrogens is 262 g/mol. The van der Waals surface area contributed by atoms with Crippen LogP contribution in [-0.2, 0) is 13.0 Å². The minimum atomic E-state index is 0.235. The first-order valence-corrected chi connectivity index (χ1v) is 7.48. The van der Waals surface area contributed by atoms with Crippen LogP contribution in [-0.4, -0.2) is 22.6 Å². The van der Waals surface area contributed by atoms with Crippen LogP contribution < -0.4 is 10.1 Å². The van der Waals surface area contributed by atoms with Gasteiger partial charge >= 0.3 is 0 Å². The minimum Gasteiger partial charge on any atom is -0.493 e. The van der Waals surface area contributed by atoms with Gasteiger partial charge in [-0.25, -0.2) is 9.97 Å². The second kappa shape index (κ2) is 6.22. The van der Waals surface area contributed by atoms with E-state index in [-0.39, 0.29) is 5.92 Å². The van der Waals surface area contributed by atoms with Crippen LogP contribution in [0.4, 0.5) is 0 Å². The van der Waals surface area contributed by atoms with Crippen molar-refractivity contribution in [1.82, 2.24) is 15.3 Å². The molecule has 2 heterocycles. The van der Waals surface area contributed by atoms with E-state index in [2.05, 4.69) is 41.3 Å². The molecule has 21 heavy (non-hydrogen) atoms. The standard InChI is InChI=1S/C17H21N3O/c1-12(2)19-10-15-7-8-18-17(20-15)14-9-13-5-3-4-6-16(13)21-11-14/h3-8,12,14,19H,9-11H2,1-2H3. The molecule has 0 radical (unpaired) electrons. The van der Waals surface area contributed by atoms with E-state index in [1.165, 1.54) is 5.56 Å². The van der Waals surface area contributed by atoms with Gasteiger partial charge in [-0.1, -0.05) is 32.0 Å². The monoisotopic (exact) mass is 283 g/mol. The summed E-state index contributed by atoms with van der Waals surface area (Å²) in [6.07, 6.45) is 2.79. The maximum atomic E-state index is 5.83. The van der Waals surface area contributed by atoms with Crippen molar-refractivity contribution in [2.75, 3.05) is 6.61 Å². The number of para-hydroxylation sites is 1. The number of aromatic nitrogens is 2. The first kappa shape index (κ1) is 14.0. The molecule has 2 aromatic rings. The molecule has 4 nitrogen and oxygen atoms in total. The number of nitrogens with zero attached hydrogens (tertiary/aromatic N) is 2. The maximum Gasteiger partial charge on any atom is 0.135 e. The summed E-state index contributed by atoms with van der Waals surface area (Å²) >= 11 is 0. The van der Waals surface area contributed by atoms with Crippen LogP contribution in [0.25, 0.3) is 0 Å². The summed E-state index contributed by atoms with van der Waals surface area (Å²) in [5.41, 5.74) is 2.27. The van der Waals surface area contributed by atoms with Crippen molar-refractivity contribution in [1.29, 1.82) is 0 Å². The van der Waals surface area contributed by atoms with E-state index in [0.29, 0.717) is 12.6 Å². The van der Waals surface area contributed by atoms with Gasteiger partial charge in [-0.2, -0.15) is 0 Å². The zero-order valence-electron chi connectivity index (χ0n) is 12.5. The molecule has 1 aliphatic rings. The summed E-state index contributed by atoms with van der Waals surface area (Å²) in [5.74, 6) is 2.11. The lowest BCUT2D eigenvalue weighted by Crippen LogP contribution is -2.24. The Labute approximate surface area is 125 Å². The number of rotatable bonds is 4. The second-order valence-corrected chi connectivity index (χ2v) is 5.76. The predicted molar refractivity (Wildman–Crippen MR) is 82.4 cm³/mol. The van der Waals surface area contributed by atoms with Crippen LogP contribution >= 0.6 is 0 Å². The number of hydrogen-bond donors (Lipinski definition) is 1. The predicted octanol–water partition coefficient (Wildman–Crippen LogP) is 2.69. The minimum absolute atomic E-state index is 0.235. The van der Waals surface area contributed by atoms with Gasteiger partial charge in [-0.05, 0) is 24.1 Å². The molecule has 0 saturated heterocycles. The first-order valence-electron chi connectivity index (χ1n) is 7.48. The van der Waals surface area contributed by atoms with E-state index in [1.807, 2.05) is 24.4 Å². The van der Waals surface area contributed by atoms with Crippen LogP contribution in [0.1, 0.15) is 36.8 Å². The van der Waals surface area contributed by atoms with Gasteiger partial charge in [0, 0.05) is 18.8 Å². The van der Waals surface area contributed by atoms with Crippen LogP contribution in [0.15, 0.2) is 36.5 Å². The smallest absolute Gasteiger partial charge is 0.135 e. The Hall–Kier alpha value is -1.94. The average Bonchev–Trinajstić information content (AvgIpc) is 2.53. The molecule has 4 heteroatoms. The highest BCUT2D eigenvalue weighted by molar-refractivity contribution is 5.36. The molecule has 0 saturated carbocycles. The summed E-state index contributed by atoms with van der Waals surface area (Å²) in [6.45, 7) is 5.69. The van der Waals surface area contributed by atoms with Crippen molar-refractivity contribution < 1.29 is 4.74 Å². The van der Waals surface area contributed by atoms with Crippen molar-refractivity contribution in [3.63, 3.8) is 0 Å². The Balaban J connectivity index is 1.74. The molecule has 0 aliphatic carbocycles. The normalized spacial score (nSPS) is 17.4. The van der Waals surface area contributed by atoms with Crippen molar-refractivity contribution in [2.24, 2.45) is 0 Å². The molecule has 1 aromatic carbocycles. The molecular formula is C17H21N3O. The highest BCUT2D eigenvalue weighted by Gasteiger charge is 2.23.